The summed E-state index contributed by atoms with van der Waals surface area (Å²) >= 11 is 0. The molecule has 1 aliphatic heterocycles. The highest BCUT2D eigenvalue weighted by Gasteiger charge is 2.35. The fourth-order valence-electron chi connectivity index (χ4n) is 4.38. The molecule has 0 unspecified atom stereocenters. The van der Waals surface area contributed by atoms with Crippen molar-refractivity contribution in [2.45, 2.75) is 58.9 Å². The van der Waals surface area contributed by atoms with E-state index in [9.17, 15) is 4.79 Å². The molecule has 0 saturated carbocycles. The highest BCUT2D eigenvalue weighted by atomic mass is 16.2. The van der Waals surface area contributed by atoms with Crippen molar-refractivity contribution in [2.24, 2.45) is 5.10 Å². The zero-order valence-electron chi connectivity index (χ0n) is 17.6. The van der Waals surface area contributed by atoms with Gasteiger partial charge in [-0.05, 0) is 74.4 Å². The standard InChI is InChI=1S/C24H31N3O/c1-6-27-22-12-17(2)20(14-21(22)18(3)15-24(27,4)5)16-25-26-23(28)13-19-10-8-7-9-11-19/h7-12,14,16,18H,6,13,15H2,1-5H3,(H,26,28)/b25-16-/t18-/m0/s1. The van der Waals surface area contributed by atoms with Crippen LogP contribution in [0.1, 0.15) is 62.3 Å². The number of amides is 1. The van der Waals surface area contributed by atoms with Gasteiger partial charge in [0.25, 0.3) is 0 Å². The van der Waals surface area contributed by atoms with Gasteiger partial charge in [0.15, 0.2) is 0 Å². The maximum absolute atomic E-state index is 12.1. The van der Waals surface area contributed by atoms with Crippen molar-refractivity contribution in [3.63, 3.8) is 0 Å². The van der Waals surface area contributed by atoms with Crippen LogP contribution in [0.15, 0.2) is 47.6 Å². The summed E-state index contributed by atoms with van der Waals surface area (Å²) in [6.07, 6.45) is 3.22. The van der Waals surface area contributed by atoms with Gasteiger partial charge in [0.2, 0.25) is 5.91 Å². The van der Waals surface area contributed by atoms with Gasteiger partial charge >= 0.3 is 0 Å². The van der Waals surface area contributed by atoms with E-state index in [1.165, 1.54) is 16.8 Å². The Labute approximate surface area is 168 Å². The second kappa shape index (κ2) is 8.17. The maximum Gasteiger partial charge on any atom is 0.244 e. The second-order valence-corrected chi connectivity index (χ2v) is 8.39. The second-order valence-electron chi connectivity index (χ2n) is 8.39. The Hall–Kier alpha value is -2.62. The summed E-state index contributed by atoms with van der Waals surface area (Å²) in [5, 5.41) is 4.20. The number of nitrogens with one attached hydrogen (secondary N) is 1. The van der Waals surface area contributed by atoms with Crippen LogP contribution in [0.25, 0.3) is 0 Å². The van der Waals surface area contributed by atoms with Gasteiger partial charge in [0.05, 0.1) is 12.6 Å². The number of aryl methyl sites for hydroxylation is 1. The molecule has 0 saturated heterocycles. The predicted molar refractivity (Wildman–Crippen MR) is 117 cm³/mol. The van der Waals surface area contributed by atoms with E-state index in [2.05, 4.69) is 62.2 Å². The molecule has 1 N–H and O–H groups in total. The largest absolute Gasteiger partial charge is 0.366 e. The Morgan fingerprint density at radius 1 is 1.29 bits per heavy atom. The van der Waals surface area contributed by atoms with E-state index < -0.39 is 0 Å². The van der Waals surface area contributed by atoms with E-state index in [0.717, 1.165) is 24.1 Å². The molecular formula is C24H31N3O. The quantitative estimate of drug-likeness (QED) is 0.601. The highest BCUT2D eigenvalue weighted by Crippen LogP contribution is 2.43. The molecule has 148 valence electrons. The highest BCUT2D eigenvalue weighted by molar-refractivity contribution is 5.86. The number of hydrogen-bond donors (Lipinski definition) is 1. The van der Waals surface area contributed by atoms with E-state index in [4.69, 9.17) is 0 Å². The van der Waals surface area contributed by atoms with Gasteiger partial charge in [-0.25, -0.2) is 5.43 Å². The smallest absolute Gasteiger partial charge is 0.244 e. The van der Waals surface area contributed by atoms with Crippen LogP contribution in [-0.2, 0) is 11.2 Å². The van der Waals surface area contributed by atoms with Crippen LogP contribution in [0.4, 0.5) is 5.69 Å². The van der Waals surface area contributed by atoms with Crippen molar-refractivity contribution < 1.29 is 4.79 Å². The number of fused-ring (bicyclic) bond motifs is 1. The lowest BCUT2D eigenvalue weighted by molar-refractivity contribution is -0.120. The molecule has 4 heteroatoms. The molecule has 1 atom stereocenters. The van der Waals surface area contributed by atoms with Crippen molar-refractivity contribution in [3.8, 4) is 0 Å². The summed E-state index contributed by atoms with van der Waals surface area (Å²) < 4.78 is 0. The predicted octanol–water partition coefficient (Wildman–Crippen LogP) is 4.80. The van der Waals surface area contributed by atoms with E-state index in [0.29, 0.717) is 12.3 Å². The molecule has 0 radical (unpaired) electrons. The Morgan fingerprint density at radius 2 is 2.00 bits per heavy atom. The lowest BCUT2D eigenvalue weighted by Crippen LogP contribution is -2.48. The minimum atomic E-state index is -0.106. The van der Waals surface area contributed by atoms with Gasteiger partial charge in [-0.2, -0.15) is 5.10 Å². The van der Waals surface area contributed by atoms with Crippen molar-refractivity contribution >= 4 is 17.8 Å². The minimum absolute atomic E-state index is 0.106. The molecule has 0 aromatic heterocycles. The molecule has 28 heavy (non-hydrogen) atoms. The summed E-state index contributed by atoms with van der Waals surface area (Å²) in [7, 11) is 0. The van der Waals surface area contributed by atoms with Gasteiger partial charge in [-0.1, -0.05) is 37.3 Å². The van der Waals surface area contributed by atoms with Gasteiger partial charge in [-0.15, -0.1) is 0 Å². The Bertz CT molecular complexity index is 871. The summed E-state index contributed by atoms with van der Waals surface area (Å²) in [5.74, 6) is 0.388. The third-order valence-electron chi connectivity index (χ3n) is 5.69. The van der Waals surface area contributed by atoms with Crippen LogP contribution in [0, 0.1) is 6.92 Å². The zero-order valence-corrected chi connectivity index (χ0v) is 17.6. The minimum Gasteiger partial charge on any atom is -0.366 e. The van der Waals surface area contributed by atoms with Crippen LogP contribution >= 0.6 is 0 Å². The average Bonchev–Trinajstić information content (AvgIpc) is 2.63. The summed E-state index contributed by atoms with van der Waals surface area (Å²) in [6.45, 7) is 12.3. The Balaban J connectivity index is 1.76. The molecule has 0 fully saturated rings. The topological polar surface area (TPSA) is 44.7 Å². The normalized spacial score (nSPS) is 18.2. The number of carbonyl (C=O) groups is 1. The van der Waals surface area contributed by atoms with E-state index >= 15 is 0 Å². The van der Waals surface area contributed by atoms with Crippen molar-refractivity contribution in [1.29, 1.82) is 0 Å². The first-order valence-electron chi connectivity index (χ1n) is 10.1. The van der Waals surface area contributed by atoms with E-state index in [-0.39, 0.29) is 11.4 Å². The zero-order chi connectivity index (χ0) is 20.3. The summed E-state index contributed by atoms with van der Waals surface area (Å²) in [6, 6.07) is 14.2. The van der Waals surface area contributed by atoms with Gasteiger partial charge in [-0.3, -0.25) is 4.79 Å². The number of rotatable bonds is 5. The number of benzene rings is 2. The molecule has 0 spiro atoms. The fourth-order valence-corrected chi connectivity index (χ4v) is 4.38. The monoisotopic (exact) mass is 377 g/mol. The van der Waals surface area contributed by atoms with Crippen LogP contribution in [0.3, 0.4) is 0 Å². The number of anilines is 1. The Morgan fingerprint density at radius 3 is 2.68 bits per heavy atom. The maximum atomic E-state index is 12.1. The van der Waals surface area contributed by atoms with Gasteiger partial charge < -0.3 is 4.90 Å². The number of hydrazone groups is 1. The van der Waals surface area contributed by atoms with Crippen molar-refractivity contribution in [1.82, 2.24) is 5.43 Å². The first-order valence-corrected chi connectivity index (χ1v) is 10.1. The van der Waals surface area contributed by atoms with Crippen LogP contribution in [0.2, 0.25) is 0 Å². The lowest BCUT2D eigenvalue weighted by Gasteiger charge is -2.47. The average molecular weight is 378 g/mol. The molecule has 4 nitrogen and oxygen atoms in total. The Kier molecular flexibility index (Phi) is 5.87. The third-order valence-corrected chi connectivity index (χ3v) is 5.69. The van der Waals surface area contributed by atoms with Gasteiger partial charge in [0.1, 0.15) is 0 Å². The van der Waals surface area contributed by atoms with Crippen LogP contribution in [-0.4, -0.2) is 24.2 Å². The molecule has 1 amide bonds. The molecule has 3 rings (SSSR count). The molecule has 1 aliphatic rings. The molecule has 0 aliphatic carbocycles. The molecule has 1 heterocycles. The van der Waals surface area contributed by atoms with E-state index in [1.54, 1.807) is 6.21 Å². The number of hydrogen-bond acceptors (Lipinski definition) is 3. The molecule has 2 aromatic carbocycles. The number of carbonyl (C=O) groups excluding carboxylic acids is 1. The third kappa shape index (κ3) is 4.27. The SMILES string of the molecule is CCN1c2cc(C)c(/C=N\NC(=O)Cc3ccccc3)cc2[C@@H](C)CC1(C)C. The number of nitrogens with zero attached hydrogens (tertiary/aromatic N) is 2. The summed E-state index contributed by atoms with van der Waals surface area (Å²) in [4.78, 5) is 14.6. The first kappa shape index (κ1) is 20.1. The van der Waals surface area contributed by atoms with Crippen molar-refractivity contribution in [3.05, 3.63) is 64.7 Å². The van der Waals surface area contributed by atoms with E-state index in [1.807, 2.05) is 30.3 Å². The van der Waals surface area contributed by atoms with Crippen molar-refractivity contribution in [2.75, 3.05) is 11.4 Å². The van der Waals surface area contributed by atoms with Gasteiger partial charge in [0, 0.05) is 17.8 Å². The van der Waals surface area contributed by atoms with Crippen LogP contribution < -0.4 is 10.3 Å². The molecular weight excluding hydrogens is 346 g/mol. The fraction of sp³-hybridized carbons (Fsp3) is 0.417. The summed E-state index contributed by atoms with van der Waals surface area (Å²) in [5.41, 5.74) is 8.71. The lowest BCUT2D eigenvalue weighted by atomic mass is 9.79. The molecule has 2 aromatic rings. The molecule has 0 bridgehead atoms. The van der Waals surface area contributed by atoms with Crippen LogP contribution in [0.5, 0.6) is 0 Å². The first-order chi connectivity index (χ1) is 13.3.